The maximum atomic E-state index is 13.3. The van der Waals surface area contributed by atoms with E-state index in [0.717, 1.165) is 11.3 Å². The van der Waals surface area contributed by atoms with E-state index in [1.54, 1.807) is 12.1 Å². The molecule has 9 nitrogen and oxygen atoms in total. The SMILES string of the molecule is CN(C)c1ccc([C@H]2Nc3ccccc3C(=O)N2NC(=O)c2ccc([N+](=O)[O-])cc2)cc1. The lowest BCUT2D eigenvalue weighted by Crippen LogP contribution is -2.52. The monoisotopic (exact) mass is 431 g/mol. The summed E-state index contributed by atoms with van der Waals surface area (Å²) in [5, 5.41) is 15.4. The minimum atomic E-state index is -0.643. The van der Waals surface area contributed by atoms with Crippen LogP contribution >= 0.6 is 0 Å². The van der Waals surface area contributed by atoms with Gasteiger partial charge in [0.2, 0.25) is 0 Å². The normalized spacial score (nSPS) is 14.9. The van der Waals surface area contributed by atoms with Crippen LogP contribution in [0.15, 0.2) is 72.8 Å². The zero-order valence-electron chi connectivity index (χ0n) is 17.5. The van der Waals surface area contributed by atoms with Crippen LogP contribution in [0.4, 0.5) is 17.1 Å². The van der Waals surface area contributed by atoms with E-state index in [9.17, 15) is 19.7 Å². The summed E-state index contributed by atoms with van der Waals surface area (Å²) in [7, 11) is 3.87. The van der Waals surface area contributed by atoms with Gasteiger partial charge in [0.05, 0.1) is 10.5 Å². The molecule has 1 heterocycles. The summed E-state index contributed by atoms with van der Waals surface area (Å²) in [6.45, 7) is 0. The second-order valence-corrected chi connectivity index (χ2v) is 7.50. The summed E-state index contributed by atoms with van der Waals surface area (Å²) in [5.41, 5.74) is 5.61. The van der Waals surface area contributed by atoms with Gasteiger partial charge in [-0.15, -0.1) is 0 Å². The Balaban J connectivity index is 1.66. The number of hydrazine groups is 1. The standard InChI is InChI=1S/C23H21N5O4/c1-26(2)17-11-7-15(8-12-17)21-24-20-6-4-3-5-19(20)23(30)27(21)25-22(29)16-9-13-18(14-10-16)28(31)32/h3-14,21,24H,1-2H3,(H,25,29)/t21-/m0/s1. The molecule has 1 atom stereocenters. The van der Waals surface area contributed by atoms with Crippen LogP contribution in [0.5, 0.6) is 0 Å². The molecule has 0 aromatic heterocycles. The van der Waals surface area contributed by atoms with E-state index in [-0.39, 0.29) is 17.2 Å². The van der Waals surface area contributed by atoms with Crippen LogP contribution < -0.4 is 15.6 Å². The molecule has 3 aromatic rings. The predicted octanol–water partition coefficient (Wildman–Crippen LogP) is 3.57. The first-order valence-corrected chi connectivity index (χ1v) is 9.87. The number of hydrogen-bond donors (Lipinski definition) is 2. The number of fused-ring (bicyclic) bond motifs is 1. The zero-order valence-corrected chi connectivity index (χ0v) is 17.5. The lowest BCUT2D eigenvalue weighted by atomic mass is 10.0. The number of anilines is 2. The zero-order chi connectivity index (χ0) is 22.8. The predicted molar refractivity (Wildman–Crippen MR) is 120 cm³/mol. The van der Waals surface area contributed by atoms with Gasteiger partial charge < -0.3 is 10.2 Å². The fourth-order valence-corrected chi connectivity index (χ4v) is 3.47. The van der Waals surface area contributed by atoms with Crippen LogP contribution in [0, 0.1) is 10.1 Å². The lowest BCUT2D eigenvalue weighted by molar-refractivity contribution is -0.384. The Bertz CT molecular complexity index is 1180. The Kier molecular flexibility index (Phi) is 5.46. The van der Waals surface area contributed by atoms with Gasteiger partial charge in [0.1, 0.15) is 6.17 Å². The highest BCUT2D eigenvalue weighted by Crippen LogP contribution is 2.32. The van der Waals surface area contributed by atoms with Crippen molar-refractivity contribution in [2.45, 2.75) is 6.17 Å². The number of hydrogen-bond acceptors (Lipinski definition) is 6. The number of nitro groups is 1. The number of rotatable bonds is 5. The Labute approximate surface area is 184 Å². The second kappa shape index (κ2) is 8.38. The fraction of sp³-hybridized carbons (Fsp3) is 0.130. The average Bonchev–Trinajstić information content (AvgIpc) is 2.80. The molecule has 1 aliphatic heterocycles. The fourth-order valence-electron chi connectivity index (χ4n) is 3.47. The summed E-state index contributed by atoms with van der Waals surface area (Å²) in [6, 6.07) is 19.9. The van der Waals surface area contributed by atoms with E-state index in [1.165, 1.54) is 29.3 Å². The van der Waals surface area contributed by atoms with Crippen molar-refractivity contribution >= 4 is 28.9 Å². The van der Waals surface area contributed by atoms with E-state index < -0.39 is 17.0 Å². The molecule has 0 aliphatic carbocycles. The molecule has 9 heteroatoms. The van der Waals surface area contributed by atoms with Crippen molar-refractivity contribution in [2.75, 3.05) is 24.3 Å². The van der Waals surface area contributed by atoms with Crippen LogP contribution in [0.3, 0.4) is 0 Å². The van der Waals surface area contributed by atoms with Gasteiger partial charge in [-0.3, -0.25) is 25.1 Å². The van der Waals surface area contributed by atoms with Crippen LogP contribution in [0.2, 0.25) is 0 Å². The largest absolute Gasteiger partial charge is 0.378 e. The van der Waals surface area contributed by atoms with Crippen molar-refractivity contribution in [2.24, 2.45) is 0 Å². The van der Waals surface area contributed by atoms with Crippen molar-refractivity contribution in [3.05, 3.63) is 99.6 Å². The maximum Gasteiger partial charge on any atom is 0.276 e. The van der Waals surface area contributed by atoms with E-state index >= 15 is 0 Å². The Morgan fingerprint density at radius 1 is 1.03 bits per heavy atom. The van der Waals surface area contributed by atoms with Crippen molar-refractivity contribution in [1.29, 1.82) is 0 Å². The topological polar surface area (TPSA) is 108 Å². The maximum absolute atomic E-state index is 13.3. The third kappa shape index (κ3) is 3.95. The van der Waals surface area contributed by atoms with Gasteiger partial charge in [0.25, 0.3) is 17.5 Å². The molecule has 4 rings (SSSR count). The van der Waals surface area contributed by atoms with Crippen molar-refractivity contribution in [3.63, 3.8) is 0 Å². The number of carbonyl (C=O) groups is 2. The molecule has 2 amide bonds. The van der Waals surface area contributed by atoms with E-state index in [1.807, 2.05) is 55.4 Å². The molecule has 0 spiro atoms. The summed E-state index contributed by atoms with van der Waals surface area (Å²) in [6.07, 6.45) is -0.643. The molecule has 2 N–H and O–H groups in total. The smallest absolute Gasteiger partial charge is 0.276 e. The van der Waals surface area contributed by atoms with Crippen LogP contribution in [-0.2, 0) is 0 Å². The average molecular weight is 431 g/mol. The number of amides is 2. The van der Waals surface area contributed by atoms with Gasteiger partial charge in [-0.05, 0) is 42.0 Å². The van der Waals surface area contributed by atoms with E-state index in [4.69, 9.17) is 0 Å². The third-order valence-electron chi connectivity index (χ3n) is 5.21. The number of para-hydroxylation sites is 1. The van der Waals surface area contributed by atoms with Crippen LogP contribution in [0.25, 0.3) is 0 Å². The first-order valence-electron chi connectivity index (χ1n) is 9.87. The molecule has 0 radical (unpaired) electrons. The Morgan fingerprint density at radius 2 is 1.69 bits per heavy atom. The number of nitrogens with one attached hydrogen (secondary N) is 2. The minimum Gasteiger partial charge on any atom is -0.378 e. The first kappa shape index (κ1) is 20.9. The van der Waals surface area contributed by atoms with Gasteiger partial charge in [-0.2, -0.15) is 0 Å². The van der Waals surface area contributed by atoms with Crippen LogP contribution in [0.1, 0.15) is 32.4 Å². The number of benzene rings is 3. The van der Waals surface area contributed by atoms with Crippen molar-refractivity contribution in [3.8, 4) is 0 Å². The molecule has 3 aromatic carbocycles. The van der Waals surface area contributed by atoms with Gasteiger partial charge in [0.15, 0.2) is 0 Å². The minimum absolute atomic E-state index is 0.120. The number of nitrogens with zero attached hydrogens (tertiary/aromatic N) is 3. The molecule has 0 unspecified atom stereocenters. The molecule has 0 saturated carbocycles. The Morgan fingerprint density at radius 3 is 2.31 bits per heavy atom. The van der Waals surface area contributed by atoms with Crippen molar-refractivity contribution < 1.29 is 14.5 Å². The number of carbonyl (C=O) groups excluding carboxylic acids is 2. The molecule has 0 bridgehead atoms. The number of non-ortho nitro benzene ring substituents is 1. The van der Waals surface area contributed by atoms with E-state index in [0.29, 0.717) is 11.3 Å². The molecule has 1 aliphatic rings. The quantitative estimate of drug-likeness (QED) is 0.472. The molecule has 162 valence electrons. The summed E-state index contributed by atoms with van der Waals surface area (Å²) >= 11 is 0. The van der Waals surface area contributed by atoms with Crippen LogP contribution in [-0.4, -0.2) is 35.8 Å². The van der Waals surface area contributed by atoms with Gasteiger partial charge >= 0.3 is 0 Å². The molecule has 0 fully saturated rings. The van der Waals surface area contributed by atoms with Crippen molar-refractivity contribution in [1.82, 2.24) is 10.4 Å². The highest BCUT2D eigenvalue weighted by molar-refractivity contribution is 6.04. The highest BCUT2D eigenvalue weighted by atomic mass is 16.6. The summed E-state index contributed by atoms with van der Waals surface area (Å²) < 4.78 is 0. The molecular weight excluding hydrogens is 410 g/mol. The van der Waals surface area contributed by atoms with E-state index in [2.05, 4.69) is 10.7 Å². The lowest BCUT2D eigenvalue weighted by Gasteiger charge is -2.37. The van der Waals surface area contributed by atoms with Gasteiger partial charge in [-0.25, -0.2) is 5.01 Å². The molecule has 0 saturated heterocycles. The first-order chi connectivity index (χ1) is 15.3. The van der Waals surface area contributed by atoms with Gasteiger partial charge in [-0.1, -0.05) is 24.3 Å². The van der Waals surface area contributed by atoms with Gasteiger partial charge in [0, 0.05) is 43.2 Å². The molecule has 32 heavy (non-hydrogen) atoms. The summed E-state index contributed by atoms with van der Waals surface area (Å²) in [5.74, 6) is -0.916. The number of nitro benzene ring substituents is 1. The highest BCUT2D eigenvalue weighted by Gasteiger charge is 2.34. The molecular formula is C23H21N5O4. The second-order valence-electron chi connectivity index (χ2n) is 7.50. The Hall–Kier alpha value is -4.40. The summed E-state index contributed by atoms with van der Waals surface area (Å²) in [4.78, 5) is 38.4. The third-order valence-corrected chi connectivity index (χ3v) is 5.21.